The fraction of sp³-hybridized carbons (Fsp3) is 0.333. The van der Waals surface area contributed by atoms with Gasteiger partial charge in [-0.05, 0) is 25.0 Å². The summed E-state index contributed by atoms with van der Waals surface area (Å²) in [4.78, 5) is 25.1. The lowest BCUT2D eigenvalue weighted by Gasteiger charge is -2.12. The number of carbonyl (C=O) groups excluding carboxylic acids is 2. The molecule has 7 heteroatoms. The molecule has 0 aliphatic carbocycles. The van der Waals surface area contributed by atoms with Gasteiger partial charge in [0.2, 0.25) is 9.05 Å². The fourth-order valence-corrected chi connectivity index (χ4v) is 2.86. The lowest BCUT2D eigenvalue weighted by molar-refractivity contribution is 0.0652. The number of hydrogen-bond donors (Lipinski definition) is 0. The normalized spacial score (nSPS) is 14.9. The lowest BCUT2D eigenvalue weighted by Crippen LogP contribution is -2.30. The van der Waals surface area contributed by atoms with Gasteiger partial charge in [0.25, 0.3) is 11.8 Å². The van der Waals surface area contributed by atoms with Crippen LogP contribution in [-0.4, -0.2) is 37.4 Å². The third-order valence-electron chi connectivity index (χ3n) is 2.90. The molecular formula is C12H12ClNO4S. The van der Waals surface area contributed by atoms with Gasteiger partial charge in [0.05, 0.1) is 16.9 Å². The van der Waals surface area contributed by atoms with Crippen molar-refractivity contribution in [2.45, 2.75) is 12.8 Å². The smallest absolute Gasteiger partial charge is 0.261 e. The van der Waals surface area contributed by atoms with Gasteiger partial charge in [-0.15, -0.1) is 0 Å². The van der Waals surface area contributed by atoms with Crippen molar-refractivity contribution < 1.29 is 18.0 Å². The Labute approximate surface area is 115 Å². The molecule has 0 saturated heterocycles. The molecule has 0 aromatic heterocycles. The first-order valence-electron chi connectivity index (χ1n) is 5.78. The number of amides is 2. The Kier molecular flexibility index (Phi) is 3.91. The second-order valence-corrected chi connectivity index (χ2v) is 7.15. The molecule has 1 aromatic rings. The van der Waals surface area contributed by atoms with E-state index in [0.717, 1.165) is 4.90 Å². The van der Waals surface area contributed by atoms with Crippen LogP contribution in [0.5, 0.6) is 0 Å². The lowest BCUT2D eigenvalue weighted by atomic mass is 10.1. The van der Waals surface area contributed by atoms with E-state index in [1.165, 1.54) is 0 Å². The van der Waals surface area contributed by atoms with Crippen LogP contribution < -0.4 is 0 Å². The van der Waals surface area contributed by atoms with Gasteiger partial charge in [-0.2, -0.15) is 0 Å². The summed E-state index contributed by atoms with van der Waals surface area (Å²) in [5.41, 5.74) is 0.801. The molecule has 1 aliphatic rings. The minimum Gasteiger partial charge on any atom is -0.274 e. The van der Waals surface area contributed by atoms with Crippen molar-refractivity contribution in [3.8, 4) is 0 Å². The molecule has 19 heavy (non-hydrogen) atoms. The van der Waals surface area contributed by atoms with Crippen molar-refractivity contribution >= 4 is 31.5 Å². The molecule has 0 fully saturated rings. The zero-order chi connectivity index (χ0) is 14.0. The Morgan fingerprint density at radius 3 is 2.00 bits per heavy atom. The first kappa shape index (κ1) is 14.0. The van der Waals surface area contributed by atoms with Gasteiger partial charge in [0.1, 0.15) is 0 Å². The molecule has 1 aliphatic heterocycles. The number of unbranched alkanes of at least 4 members (excludes halogenated alkanes) is 1. The summed E-state index contributed by atoms with van der Waals surface area (Å²) in [6.07, 6.45) is 0.733. The van der Waals surface area contributed by atoms with E-state index in [4.69, 9.17) is 10.7 Å². The quantitative estimate of drug-likeness (QED) is 0.471. The highest BCUT2D eigenvalue weighted by Gasteiger charge is 2.34. The minimum atomic E-state index is -3.52. The molecular weight excluding hydrogens is 290 g/mol. The molecule has 0 atom stereocenters. The average molecular weight is 302 g/mol. The van der Waals surface area contributed by atoms with Crippen LogP contribution in [0, 0.1) is 0 Å². The van der Waals surface area contributed by atoms with Gasteiger partial charge in [-0.3, -0.25) is 14.5 Å². The van der Waals surface area contributed by atoms with E-state index >= 15 is 0 Å². The molecule has 1 aromatic carbocycles. The van der Waals surface area contributed by atoms with Crippen molar-refractivity contribution in [2.24, 2.45) is 0 Å². The summed E-state index contributed by atoms with van der Waals surface area (Å²) >= 11 is 0. The van der Waals surface area contributed by atoms with E-state index in [1.807, 2.05) is 0 Å². The second kappa shape index (κ2) is 5.30. The highest BCUT2D eigenvalue weighted by Crippen LogP contribution is 2.22. The van der Waals surface area contributed by atoms with E-state index in [9.17, 15) is 18.0 Å². The molecule has 0 spiro atoms. The summed E-state index contributed by atoms with van der Waals surface area (Å²) in [6, 6.07) is 6.62. The van der Waals surface area contributed by atoms with Crippen LogP contribution in [0.15, 0.2) is 24.3 Å². The average Bonchev–Trinajstić information content (AvgIpc) is 2.58. The SMILES string of the molecule is O=C1c2ccccc2C(=O)N1CCCCS(=O)(=O)Cl. The van der Waals surface area contributed by atoms with Crippen molar-refractivity contribution in [1.82, 2.24) is 4.90 Å². The molecule has 0 N–H and O–H groups in total. The van der Waals surface area contributed by atoms with Crippen molar-refractivity contribution in [3.05, 3.63) is 35.4 Å². The van der Waals surface area contributed by atoms with Gasteiger partial charge in [0.15, 0.2) is 0 Å². The van der Waals surface area contributed by atoms with Crippen LogP contribution in [0.2, 0.25) is 0 Å². The Balaban J connectivity index is 1.97. The number of imide groups is 1. The Morgan fingerprint density at radius 2 is 1.53 bits per heavy atom. The first-order chi connectivity index (χ1) is 8.90. The van der Waals surface area contributed by atoms with Gasteiger partial charge < -0.3 is 0 Å². The molecule has 2 amide bonds. The van der Waals surface area contributed by atoms with Crippen molar-refractivity contribution in [1.29, 1.82) is 0 Å². The second-order valence-electron chi connectivity index (χ2n) is 4.26. The molecule has 0 bridgehead atoms. The Hall–Kier alpha value is -1.40. The Bertz CT molecular complexity index is 591. The number of fused-ring (bicyclic) bond motifs is 1. The number of nitrogens with zero attached hydrogens (tertiary/aromatic N) is 1. The number of halogens is 1. The molecule has 102 valence electrons. The summed E-state index contributed by atoms with van der Waals surface area (Å²) in [6.45, 7) is 0.207. The summed E-state index contributed by atoms with van der Waals surface area (Å²) in [5, 5.41) is 0. The van der Waals surface area contributed by atoms with E-state index in [1.54, 1.807) is 24.3 Å². The maximum atomic E-state index is 12.0. The van der Waals surface area contributed by atoms with Gasteiger partial charge in [0, 0.05) is 17.2 Å². The van der Waals surface area contributed by atoms with Crippen molar-refractivity contribution in [2.75, 3.05) is 12.3 Å². The predicted octanol–water partition coefficient (Wildman–Crippen LogP) is 1.63. The number of carbonyl (C=O) groups is 2. The first-order valence-corrected chi connectivity index (χ1v) is 8.25. The Morgan fingerprint density at radius 1 is 1.00 bits per heavy atom. The largest absolute Gasteiger partial charge is 0.274 e. The van der Waals surface area contributed by atoms with E-state index in [0.29, 0.717) is 24.0 Å². The van der Waals surface area contributed by atoms with E-state index < -0.39 is 9.05 Å². The topological polar surface area (TPSA) is 71.5 Å². The molecule has 2 rings (SSSR count). The van der Waals surface area contributed by atoms with Gasteiger partial charge in [-0.25, -0.2) is 8.42 Å². The zero-order valence-corrected chi connectivity index (χ0v) is 11.6. The monoisotopic (exact) mass is 301 g/mol. The van der Waals surface area contributed by atoms with E-state index in [-0.39, 0.29) is 24.1 Å². The van der Waals surface area contributed by atoms with Crippen LogP contribution in [0.4, 0.5) is 0 Å². The van der Waals surface area contributed by atoms with Gasteiger partial charge in [-0.1, -0.05) is 12.1 Å². The van der Waals surface area contributed by atoms with Gasteiger partial charge >= 0.3 is 0 Å². The molecule has 1 heterocycles. The predicted molar refractivity (Wildman–Crippen MR) is 70.7 cm³/mol. The number of rotatable bonds is 5. The molecule has 0 unspecified atom stereocenters. The molecule has 5 nitrogen and oxygen atoms in total. The van der Waals surface area contributed by atoms with Crippen LogP contribution >= 0.6 is 10.7 Å². The molecule has 0 radical (unpaired) electrons. The minimum absolute atomic E-state index is 0.155. The maximum absolute atomic E-state index is 12.0. The van der Waals surface area contributed by atoms with Crippen LogP contribution in [-0.2, 0) is 9.05 Å². The summed E-state index contributed by atoms with van der Waals surface area (Å²) in [5.74, 6) is -0.804. The number of hydrogen-bond acceptors (Lipinski definition) is 4. The zero-order valence-electron chi connectivity index (χ0n) is 10.0. The standard InChI is InChI=1S/C12H12ClNO4S/c13-19(17,18)8-4-3-7-14-11(15)9-5-1-2-6-10(9)12(14)16/h1-2,5-6H,3-4,7-8H2. The highest BCUT2D eigenvalue weighted by atomic mass is 35.7. The third kappa shape index (κ3) is 3.13. The third-order valence-corrected chi connectivity index (χ3v) is 4.14. The van der Waals surface area contributed by atoms with Crippen LogP contribution in [0.3, 0.4) is 0 Å². The van der Waals surface area contributed by atoms with Crippen LogP contribution in [0.25, 0.3) is 0 Å². The maximum Gasteiger partial charge on any atom is 0.261 e. The summed E-state index contributed by atoms with van der Waals surface area (Å²) in [7, 11) is 1.57. The fourth-order valence-electron chi connectivity index (χ4n) is 1.99. The van der Waals surface area contributed by atoms with Crippen molar-refractivity contribution in [3.63, 3.8) is 0 Å². The molecule has 0 saturated carbocycles. The highest BCUT2D eigenvalue weighted by molar-refractivity contribution is 8.13. The van der Waals surface area contributed by atoms with E-state index in [2.05, 4.69) is 0 Å². The summed E-state index contributed by atoms with van der Waals surface area (Å²) < 4.78 is 21.5. The van der Waals surface area contributed by atoms with Crippen LogP contribution in [0.1, 0.15) is 33.6 Å². The number of benzene rings is 1.